The van der Waals surface area contributed by atoms with E-state index in [9.17, 15) is 4.79 Å². The van der Waals surface area contributed by atoms with E-state index >= 15 is 0 Å². The van der Waals surface area contributed by atoms with E-state index in [1.165, 1.54) is 5.56 Å². The lowest BCUT2D eigenvalue weighted by Gasteiger charge is -2.19. The standard InChI is InChI=1S/C20H19N3O/c24-20(17-13-21-12-16(17)14-6-2-1-3-7-14)23-18-10-4-8-15-9-5-11-22-19(15)18/h1-11,16-17,21H,12-13H2,(H,23,24). The fourth-order valence-electron chi connectivity index (χ4n) is 3.44. The number of hydrogen-bond acceptors (Lipinski definition) is 3. The molecule has 0 bridgehead atoms. The zero-order valence-electron chi connectivity index (χ0n) is 13.3. The van der Waals surface area contributed by atoms with Gasteiger partial charge >= 0.3 is 0 Å². The van der Waals surface area contributed by atoms with Crippen LogP contribution < -0.4 is 10.6 Å². The SMILES string of the molecule is O=C(Nc1cccc2cccnc12)C1CNCC1c1ccccc1. The van der Waals surface area contributed by atoms with E-state index in [4.69, 9.17) is 0 Å². The number of carbonyl (C=O) groups is 1. The molecule has 1 amide bonds. The third-order valence-corrected chi connectivity index (χ3v) is 4.67. The molecule has 4 nitrogen and oxygen atoms in total. The van der Waals surface area contributed by atoms with Gasteiger partial charge in [0.2, 0.25) is 5.91 Å². The first-order chi connectivity index (χ1) is 11.8. The molecule has 4 rings (SSSR count). The first-order valence-electron chi connectivity index (χ1n) is 8.23. The van der Waals surface area contributed by atoms with Gasteiger partial charge in [-0.05, 0) is 17.7 Å². The predicted molar refractivity (Wildman–Crippen MR) is 95.9 cm³/mol. The van der Waals surface area contributed by atoms with E-state index in [1.807, 2.05) is 48.5 Å². The molecule has 2 unspecified atom stereocenters. The second-order valence-electron chi connectivity index (χ2n) is 6.15. The lowest BCUT2D eigenvalue weighted by Crippen LogP contribution is -2.28. The highest BCUT2D eigenvalue weighted by Gasteiger charge is 2.34. The summed E-state index contributed by atoms with van der Waals surface area (Å²) in [4.78, 5) is 17.3. The minimum atomic E-state index is -0.0774. The van der Waals surface area contributed by atoms with Crippen LogP contribution in [0.2, 0.25) is 0 Å². The van der Waals surface area contributed by atoms with Crippen molar-refractivity contribution in [3.8, 4) is 0 Å². The summed E-state index contributed by atoms with van der Waals surface area (Å²) in [5.41, 5.74) is 2.81. The number of nitrogens with one attached hydrogen (secondary N) is 2. The van der Waals surface area contributed by atoms with Crippen molar-refractivity contribution < 1.29 is 4.79 Å². The highest BCUT2D eigenvalue weighted by Crippen LogP contribution is 2.30. The van der Waals surface area contributed by atoms with Gasteiger partial charge in [0, 0.05) is 30.6 Å². The molecule has 1 aliphatic rings. The number of hydrogen-bond donors (Lipinski definition) is 2. The number of aromatic nitrogens is 1. The van der Waals surface area contributed by atoms with Crippen LogP contribution in [0.5, 0.6) is 0 Å². The van der Waals surface area contributed by atoms with Crippen LogP contribution in [0.15, 0.2) is 66.9 Å². The van der Waals surface area contributed by atoms with Crippen LogP contribution in [0.25, 0.3) is 10.9 Å². The Balaban J connectivity index is 1.59. The Hall–Kier alpha value is -2.72. The first-order valence-corrected chi connectivity index (χ1v) is 8.23. The molecule has 4 heteroatoms. The van der Waals surface area contributed by atoms with Crippen molar-refractivity contribution in [2.45, 2.75) is 5.92 Å². The number of pyridine rings is 1. The maximum Gasteiger partial charge on any atom is 0.229 e. The second-order valence-corrected chi connectivity index (χ2v) is 6.15. The van der Waals surface area contributed by atoms with Crippen LogP contribution in [0.1, 0.15) is 11.5 Å². The minimum Gasteiger partial charge on any atom is -0.324 e. The van der Waals surface area contributed by atoms with Gasteiger partial charge in [-0.25, -0.2) is 0 Å². The molecule has 1 aromatic heterocycles. The predicted octanol–water partition coefficient (Wildman–Crippen LogP) is 3.18. The van der Waals surface area contributed by atoms with Crippen LogP contribution >= 0.6 is 0 Å². The molecule has 1 saturated heterocycles. The fourth-order valence-corrected chi connectivity index (χ4v) is 3.44. The van der Waals surface area contributed by atoms with E-state index < -0.39 is 0 Å². The molecule has 0 radical (unpaired) electrons. The second kappa shape index (κ2) is 6.42. The van der Waals surface area contributed by atoms with Crippen LogP contribution in [0.3, 0.4) is 0 Å². The molecule has 0 saturated carbocycles. The van der Waals surface area contributed by atoms with Crippen molar-refractivity contribution in [1.82, 2.24) is 10.3 Å². The van der Waals surface area contributed by atoms with Crippen molar-refractivity contribution in [3.63, 3.8) is 0 Å². The van der Waals surface area contributed by atoms with Gasteiger partial charge in [-0.15, -0.1) is 0 Å². The van der Waals surface area contributed by atoms with Gasteiger partial charge in [-0.2, -0.15) is 0 Å². The van der Waals surface area contributed by atoms with E-state index in [0.29, 0.717) is 6.54 Å². The molecule has 2 heterocycles. The van der Waals surface area contributed by atoms with Crippen LogP contribution in [0, 0.1) is 5.92 Å². The Morgan fingerprint density at radius 3 is 2.71 bits per heavy atom. The van der Waals surface area contributed by atoms with Gasteiger partial charge in [0.1, 0.15) is 0 Å². The molecule has 24 heavy (non-hydrogen) atoms. The number of para-hydroxylation sites is 1. The number of fused-ring (bicyclic) bond motifs is 1. The zero-order chi connectivity index (χ0) is 16.4. The Bertz CT molecular complexity index is 858. The highest BCUT2D eigenvalue weighted by atomic mass is 16.2. The average molecular weight is 317 g/mol. The summed E-state index contributed by atoms with van der Waals surface area (Å²) < 4.78 is 0. The molecular weight excluding hydrogens is 298 g/mol. The summed E-state index contributed by atoms with van der Waals surface area (Å²) in [6.45, 7) is 1.53. The molecule has 2 atom stereocenters. The number of benzene rings is 2. The summed E-state index contributed by atoms with van der Waals surface area (Å²) in [7, 11) is 0. The molecular formula is C20H19N3O. The van der Waals surface area contributed by atoms with Gasteiger partial charge < -0.3 is 10.6 Å². The van der Waals surface area contributed by atoms with Crippen molar-refractivity contribution in [1.29, 1.82) is 0 Å². The van der Waals surface area contributed by atoms with Gasteiger partial charge in [0.25, 0.3) is 0 Å². The lowest BCUT2D eigenvalue weighted by atomic mass is 9.88. The van der Waals surface area contributed by atoms with Gasteiger partial charge in [0.15, 0.2) is 0 Å². The van der Waals surface area contributed by atoms with Crippen LogP contribution in [0.4, 0.5) is 5.69 Å². The summed E-state index contributed by atoms with van der Waals surface area (Å²) in [6.07, 6.45) is 1.75. The summed E-state index contributed by atoms with van der Waals surface area (Å²) in [5.74, 6) is 0.174. The van der Waals surface area contributed by atoms with E-state index in [0.717, 1.165) is 23.1 Å². The van der Waals surface area contributed by atoms with Gasteiger partial charge in [-0.3, -0.25) is 9.78 Å². The molecule has 2 N–H and O–H groups in total. The van der Waals surface area contributed by atoms with Crippen LogP contribution in [-0.2, 0) is 4.79 Å². The maximum absolute atomic E-state index is 12.9. The number of anilines is 1. The zero-order valence-corrected chi connectivity index (χ0v) is 13.3. The number of amides is 1. The quantitative estimate of drug-likeness (QED) is 0.780. The first kappa shape index (κ1) is 14.8. The van der Waals surface area contributed by atoms with Crippen LogP contribution in [-0.4, -0.2) is 24.0 Å². The van der Waals surface area contributed by atoms with E-state index in [-0.39, 0.29) is 17.7 Å². The largest absolute Gasteiger partial charge is 0.324 e. The fraction of sp³-hybridized carbons (Fsp3) is 0.200. The van der Waals surface area contributed by atoms with Crippen molar-refractivity contribution >= 4 is 22.5 Å². The van der Waals surface area contributed by atoms with E-state index in [2.05, 4.69) is 27.8 Å². The molecule has 120 valence electrons. The van der Waals surface area contributed by atoms with E-state index in [1.54, 1.807) is 6.20 Å². The van der Waals surface area contributed by atoms with Crippen molar-refractivity contribution in [2.75, 3.05) is 18.4 Å². The van der Waals surface area contributed by atoms with Gasteiger partial charge in [-0.1, -0.05) is 48.5 Å². The highest BCUT2D eigenvalue weighted by molar-refractivity contribution is 6.01. The number of rotatable bonds is 3. The third-order valence-electron chi connectivity index (χ3n) is 4.67. The van der Waals surface area contributed by atoms with Crippen molar-refractivity contribution in [3.05, 3.63) is 72.4 Å². The molecule has 1 fully saturated rings. The summed E-state index contributed by atoms with van der Waals surface area (Å²) in [5, 5.41) is 7.46. The summed E-state index contributed by atoms with van der Waals surface area (Å²) in [6, 6.07) is 20.0. The maximum atomic E-state index is 12.9. The Labute approximate surface area is 140 Å². The minimum absolute atomic E-state index is 0.0482. The topological polar surface area (TPSA) is 54.0 Å². The average Bonchev–Trinajstić information content (AvgIpc) is 3.13. The Morgan fingerprint density at radius 2 is 1.83 bits per heavy atom. The monoisotopic (exact) mass is 317 g/mol. The van der Waals surface area contributed by atoms with Gasteiger partial charge in [0.05, 0.1) is 17.1 Å². The Kier molecular flexibility index (Phi) is 3.97. The normalized spacial score (nSPS) is 20.2. The molecule has 3 aromatic rings. The third kappa shape index (κ3) is 2.76. The molecule has 0 aliphatic carbocycles. The number of carbonyl (C=O) groups excluding carboxylic acids is 1. The smallest absolute Gasteiger partial charge is 0.229 e. The molecule has 0 spiro atoms. The molecule has 2 aromatic carbocycles. The summed E-state index contributed by atoms with van der Waals surface area (Å²) >= 11 is 0. The number of nitrogens with zero attached hydrogens (tertiary/aromatic N) is 1. The molecule has 1 aliphatic heterocycles. The van der Waals surface area contributed by atoms with Crippen molar-refractivity contribution in [2.24, 2.45) is 5.92 Å². The Morgan fingerprint density at radius 1 is 1.00 bits per heavy atom. The lowest BCUT2D eigenvalue weighted by molar-refractivity contribution is -0.119.